The summed E-state index contributed by atoms with van der Waals surface area (Å²) in [7, 11) is 0. The van der Waals surface area contributed by atoms with Gasteiger partial charge in [-0.15, -0.1) is 0 Å². The minimum Gasteiger partial charge on any atom is -0.292 e. The molecular weight excluding hydrogens is 262 g/mol. The van der Waals surface area contributed by atoms with Crippen molar-refractivity contribution in [1.29, 1.82) is 0 Å². The van der Waals surface area contributed by atoms with E-state index in [9.17, 15) is 4.79 Å². The highest BCUT2D eigenvalue weighted by atomic mass is 35.5. The molecule has 0 radical (unpaired) electrons. The molecule has 5 heteroatoms. The number of aromatic nitrogens is 1. The first-order valence-electron chi connectivity index (χ1n) is 6.36. The zero-order chi connectivity index (χ0) is 14.2. The molecule has 0 spiro atoms. The Morgan fingerprint density at radius 3 is 2.68 bits per heavy atom. The van der Waals surface area contributed by atoms with Crippen LogP contribution in [0.1, 0.15) is 42.0 Å². The summed E-state index contributed by atoms with van der Waals surface area (Å²) in [4.78, 5) is 16.7. The summed E-state index contributed by atoms with van der Waals surface area (Å²) in [5, 5.41) is 6.68. The molecule has 0 saturated carbocycles. The van der Waals surface area contributed by atoms with Crippen LogP contribution in [-0.4, -0.2) is 34.1 Å². The maximum absolute atomic E-state index is 12.4. The van der Waals surface area contributed by atoms with E-state index >= 15 is 0 Å². The highest BCUT2D eigenvalue weighted by molar-refractivity contribution is 6.34. The molecule has 1 aromatic heterocycles. The van der Waals surface area contributed by atoms with Gasteiger partial charge in [-0.05, 0) is 33.8 Å². The summed E-state index contributed by atoms with van der Waals surface area (Å²) in [6, 6.07) is 1.99. The smallest absolute Gasteiger partial charge is 0.187 e. The highest BCUT2D eigenvalue weighted by Gasteiger charge is 2.24. The first-order valence-corrected chi connectivity index (χ1v) is 6.74. The van der Waals surface area contributed by atoms with Crippen molar-refractivity contribution in [2.45, 2.75) is 40.2 Å². The van der Waals surface area contributed by atoms with E-state index < -0.39 is 0 Å². The number of carbonyl (C=O) groups is 1. The fourth-order valence-corrected chi connectivity index (χ4v) is 2.83. The molecule has 1 aromatic rings. The number of Topliss-reactive ketones (excluding diaryl/α,β-unsaturated/α-hetero) is 1. The number of hydrogen-bond donors (Lipinski definition) is 0. The van der Waals surface area contributed by atoms with Crippen LogP contribution in [0.2, 0.25) is 5.02 Å². The molecule has 0 N–H and O–H groups in total. The van der Waals surface area contributed by atoms with Crippen LogP contribution in [0, 0.1) is 13.8 Å². The summed E-state index contributed by atoms with van der Waals surface area (Å²) in [6.07, 6.45) is 0.909. The number of nitrogens with zero attached hydrogens (tertiary/aromatic N) is 3. The summed E-state index contributed by atoms with van der Waals surface area (Å²) in [5.74, 6) is -0.0275. The number of ketones is 1. The second-order valence-electron chi connectivity index (χ2n) is 5.12. The van der Waals surface area contributed by atoms with E-state index in [0.29, 0.717) is 16.3 Å². The van der Waals surface area contributed by atoms with Gasteiger partial charge in [-0.2, -0.15) is 5.10 Å². The van der Waals surface area contributed by atoms with Crippen LogP contribution in [0.25, 0.3) is 0 Å². The van der Waals surface area contributed by atoms with E-state index in [1.165, 1.54) is 0 Å². The van der Waals surface area contributed by atoms with Crippen LogP contribution >= 0.6 is 11.6 Å². The molecule has 1 aliphatic rings. The third kappa shape index (κ3) is 2.95. The molecule has 0 aromatic carbocycles. The van der Waals surface area contributed by atoms with Crippen LogP contribution < -0.4 is 0 Å². The van der Waals surface area contributed by atoms with Gasteiger partial charge < -0.3 is 0 Å². The SMILES string of the molecule is CC1=NN(CC(=O)c2c(Cl)cc(C)nc2C)C(C)C1. The summed E-state index contributed by atoms with van der Waals surface area (Å²) in [6.45, 7) is 7.98. The van der Waals surface area contributed by atoms with Crippen molar-refractivity contribution in [3.05, 3.63) is 28.0 Å². The predicted octanol–water partition coefficient (Wildman–Crippen LogP) is 3.00. The van der Waals surface area contributed by atoms with Crippen LogP contribution in [0.3, 0.4) is 0 Å². The van der Waals surface area contributed by atoms with Crippen molar-refractivity contribution >= 4 is 23.1 Å². The Hall–Kier alpha value is -1.42. The number of pyridine rings is 1. The van der Waals surface area contributed by atoms with E-state index in [1.807, 2.05) is 25.8 Å². The van der Waals surface area contributed by atoms with Gasteiger partial charge in [-0.25, -0.2) is 0 Å². The molecule has 2 heterocycles. The van der Waals surface area contributed by atoms with Crippen LogP contribution in [0.4, 0.5) is 0 Å². The fraction of sp³-hybridized carbons (Fsp3) is 0.500. The first kappa shape index (κ1) is 14.0. The Kier molecular flexibility index (Phi) is 3.90. The van der Waals surface area contributed by atoms with Gasteiger partial charge in [0.05, 0.1) is 23.2 Å². The van der Waals surface area contributed by atoms with Gasteiger partial charge in [0, 0.05) is 23.5 Å². The maximum Gasteiger partial charge on any atom is 0.187 e. The fourth-order valence-electron chi connectivity index (χ4n) is 2.42. The normalized spacial score (nSPS) is 18.7. The van der Waals surface area contributed by atoms with Crippen molar-refractivity contribution in [2.24, 2.45) is 5.10 Å². The number of carbonyl (C=O) groups excluding carboxylic acids is 1. The summed E-state index contributed by atoms with van der Waals surface area (Å²) < 4.78 is 0. The summed E-state index contributed by atoms with van der Waals surface area (Å²) in [5.41, 5.74) is 3.08. The van der Waals surface area contributed by atoms with Crippen molar-refractivity contribution in [3.8, 4) is 0 Å². The lowest BCUT2D eigenvalue weighted by Gasteiger charge is -2.19. The Balaban J connectivity index is 2.22. The zero-order valence-corrected chi connectivity index (χ0v) is 12.5. The monoisotopic (exact) mass is 279 g/mol. The van der Waals surface area contributed by atoms with Gasteiger partial charge in [0.1, 0.15) is 0 Å². The van der Waals surface area contributed by atoms with Gasteiger partial charge in [0.25, 0.3) is 0 Å². The molecule has 1 unspecified atom stereocenters. The van der Waals surface area contributed by atoms with E-state index in [-0.39, 0.29) is 18.4 Å². The molecule has 0 bridgehead atoms. The lowest BCUT2D eigenvalue weighted by molar-refractivity contribution is 0.0915. The minimum atomic E-state index is -0.0275. The standard InChI is InChI=1S/C14H18ClN3O/c1-8-6-12(15)14(11(4)16-8)13(19)7-18-10(3)5-9(2)17-18/h6,10H,5,7H2,1-4H3. The maximum atomic E-state index is 12.4. The van der Waals surface area contributed by atoms with E-state index in [4.69, 9.17) is 11.6 Å². The lowest BCUT2D eigenvalue weighted by atomic mass is 10.1. The van der Waals surface area contributed by atoms with Crippen LogP contribution in [0.15, 0.2) is 11.2 Å². The summed E-state index contributed by atoms with van der Waals surface area (Å²) >= 11 is 6.16. The van der Waals surface area contributed by atoms with Crippen molar-refractivity contribution in [1.82, 2.24) is 9.99 Å². The molecular formula is C14H18ClN3O. The van der Waals surface area contributed by atoms with Crippen LogP contribution in [0.5, 0.6) is 0 Å². The predicted molar refractivity (Wildman–Crippen MR) is 76.9 cm³/mol. The van der Waals surface area contributed by atoms with Gasteiger partial charge in [-0.3, -0.25) is 14.8 Å². The molecule has 0 fully saturated rings. The lowest BCUT2D eigenvalue weighted by Crippen LogP contribution is -2.30. The third-order valence-corrected chi connectivity index (χ3v) is 3.56. The molecule has 1 atom stereocenters. The van der Waals surface area contributed by atoms with Gasteiger partial charge >= 0.3 is 0 Å². The topological polar surface area (TPSA) is 45.6 Å². The third-order valence-electron chi connectivity index (χ3n) is 3.26. The molecule has 0 amide bonds. The first-order chi connectivity index (χ1) is 8.88. The molecule has 1 aliphatic heterocycles. The number of aryl methyl sites for hydroxylation is 2. The highest BCUT2D eigenvalue weighted by Crippen LogP contribution is 2.22. The minimum absolute atomic E-state index is 0.0275. The number of hydrogen-bond acceptors (Lipinski definition) is 4. The van der Waals surface area contributed by atoms with Gasteiger partial charge in [0.2, 0.25) is 0 Å². The zero-order valence-electron chi connectivity index (χ0n) is 11.7. The molecule has 0 aliphatic carbocycles. The van der Waals surface area contributed by atoms with Crippen molar-refractivity contribution < 1.29 is 4.79 Å². The molecule has 2 rings (SSSR count). The number of halogens is 1. The number of hydrazone groups is 1. The van der Waals surface area contributed by atoms with Crippen molar-refractivity contribution in [2.75, 3.05) is 6.54 Å². The Labute approximate surface area is 118 Å². The average molecular weight is 280 g/mol. The second kappa shape index (κ2) is 5.29. The quantitative estimate of drug-likeness (QED) is 0.799. The Morgan fingerprint density at radius 2 is 2.16 bits per heavy atom. The van der Waals surface area contributed by atoms with Gasteiger partial charge in [-0.1, -0.05) is 11.6 Å². The molecule has 19 heavy (non-hydrogen) atoms. The number of rotatable bonds is 3. The average Bonchev–Trinajstić information content (AvgIpc) is 2.55. The van der Waals surface area contributed by atoms with Crippen LogP contribution in [-0.2, 0) is 0 Å². The van der Waals surface area contributed by atoms with E-state index in [1.54, 1.807) is 6.07 Å². The Morgan fingerprint density at radius 1 is 1.47 bits per heavy atom. The molecule has 4 nitrogen and oxygen atoms in total. The molecule has 0 saturated heterocycles. The molecule has 102 valence electrons. The Bertz CT molecular complexity index is 531. The van der Waals surface area contributed by atoms with E-state index in [2.05, 4.69) is 17.0 Å². The largest absolute Gasteiger partial charge is 0.292 e. The van der Waals surface area contributed by atoms with Gasteiger partial charge in [0.15, 0.2) is 5.78 Å². The van der Waals surface area contributed by atoms with Crippen molar-refractivity contribution in [3.63, 3.8) is 0 Å². The second-order valence-corrected chi connectivity index (χ2v) is 5.52. The van der Waals surface area contributed by atoms with E-state index in [0.717, 1.165) is 17.8 Å².